The molecule has 0 saturated carbocycles. The van der Waals surface area contributed by atoms with Gasteiger partial charge in [-0.1, -0.05) is 56.3 Å². The molecule has 4 amide bonds. The van der Waals surface area contributed by atoms with Crippen molar-refractivity contribution in [3.05, 3.63) is 65.7 Å². The molecule has 0 spiro atoms. The second-order valence-corrected chi connectivity index (χ2v) is 11.2. The van der Waals surface area contributed by atoms with Crippen molar-refractivity contribution >= 4 is 29.6 Å². The van der Waals surface area contributed by atoms with Crippen LogP contribution in [0.2, 0.25) is 0 Å². The highest BCUT2D eigenvalue weighted by atomic mass is 16.4. The first-order chi connectivity index (χ1) is 20.4. The molecular weight excluding hydrogens is 554 g/mol. The average Bonchev–Trinajstić information content (AvgIpc) is 3.46. The third-order valence-electron chi connectivity index (χ3n) is 7.39. The van der Waals surface area contributed by atoms with Gasteiger partial charge in [-0.2, -0.15) is 0 Å². The zero-order chi connectivity index (χ0) is 31.7. The van der Waals surface area contributed by atoms with Crippen LogP contribution in [0.5, 0.6) is 5.75 Å². The summed E-state index contributed by atoms with van der Waals surface area (Å²) in [4.78, 5) is 66.3. The fraction of sp³-hybridized carbons (Fsp3) is 0.452. The molecule has 12 nitrogen and oxygen atoms in total. The maximum absolute atomic E-state index is 13.6. The van der Waals surface area contributed by atoms with E-state index in [2.05, 4.69) is 16.0 Å². The van der Waals surface area contributed by atoms with Crippen LogP contribution in [0.3, 0.4) is 0 Å². The minimum atomic E-state index is -1.29. The highest BCUT2D eigenvalue weighted by molar-refractivity contribution is 5.96. The first kappa shape index (κ1) is 33.1. The van der Waals surface area contributed by atoms with Gasteiger partial charge in [0.1, 0.15) is 29.9 Å². The van der Waals surface area contributed by atoms with Crippen molar-refractivity contribution in [2.45, 2.75) is 76.7 Å². The van der Waals surface area contributed by atoms with Gasteiger partial charge in [-0.25, -0.2) is 4.79 Å². The molecule has 12 heteroatoms. The molecule has 1 saturated heterocycles. The highest BCUT2D eigenvalue weighted by Crippen LogP contribution is 2.21. The molecule has 1 heterocycles. The average molecular weight is 596 g/mol. The van der Waals surface area contributed by atoms with Gasteiger partial charge in [-0.05, 0) is 48.9 Å². The molecular formula is C31H41N5O7. The molecule has 43 heavy (non-hydrogen) atoms. The Bertz CT molecular complexity index is 1280. The van der Waals surface area contributed by atoms with E-state index in [4.69, 9.17) is 5.73 Å². The number of likely N-dealkylation sites (tertiary alicyclic amines) is 1. The Morgan fingerprint density at radius 2 is 1.47 bits per heavy atom. The number of nitrogens with two attached hydrogens (primary N) is 1. The van der Waals surface area contributed by atoms with Crippen LogP contribution in [-0.2, 0) is 36.8 Å². The van der Waals surface area contributed by atoms with Gasteiger partial charge < -0.3 is 36.8 Å². The van der Waals surface area contributed by atoms with E-state index in [0.29, 0.717) is 24.9 Å². The summed E-state index contributed by atoms with van der Waals surface area (Å²) in [5.74, 6) is -3.62. The molecule has 0 radical (unpaired) electrons. The van der Waals surface area contributed by atoms with Crippen LogP contribution in [0.1, 0.15) is 44.7 Å². The summed E-state index contributed by atoms with van der Waals surface area (Å²) in [6.07, 6.45) is 0.965. The van der Waals surface area contributed by atoms with Gasteiger partial charge in [0.05, 0.1) is 6.04 Å². The number of nitrogens with zero attached hydrogens (tertiary/aromatic N) is 1. The lowest BCUT2D eigenvalue weighted by atomic mass is 10.0. The number of aromatic hydroxyl groups is 1. The molecule has 2 aromatic carbocycles. The second-order valence-electron chi connectivity index (χ2n) is 11.2. The van der Waals surface area contributed by atoms with Crippen molar-refractivity contribution in [2.75, 3.05) is 6.54 Å². The fourth-order valence-electron chi connectivity index (χ4n) is 4.95. The summed E-state index contributed by atoms with van der Waals surface area (Å²) in [7, 11) is 0. The standard InChI is InChI=1S/C31H41N5O7/c1-18(2)26(35-27(38)19(3)32)30(41)36-15-7-10-25(36)29(40)33-23(16-20-8-5-4-6-9-20)28(39)34-24(31(42)43)17-21-11-13-22(37)14-12-21/h4-6,8-9,11-14,18-19,23-26,37H,7,10,15-17,32H2,1-3H3,(H,33,40)(H,34,39)(H,35,38)(H,42,43)/t19-,23-,24-,25-,26+/m0/s1. The number of aliphatic carboxylic acids is 1. The normalized spacial score (nSPS) is 17.4. The summed E-state index contributed by atoms with van der Waals surface area (Å²) in [6, 6.07) is 9.95. The summed E-state index contributed by atoms with van der Waals surface area (Å²) in [6.45, 7) is 5.39. The minimum Gasteiger partial charge on any atom is -0.508 e. The van der Waals surface area contributed by atoms with E-state index >= 15 is 0 Å². The molecule has 5 atom stereocenters. The number of carbonyl (C=O) groups excluding carboxylic acids is 4. The Kier molecular flexibility index (Phi) is 11.6. The van der Waals surface area contributed by atoms with E-state index in [1.54, 1.807) is 50.2 Å². The Balaban J connectivity index is 1.79. The maximum atomic E-state index is 13.6. The summed E-state index contributed by atoms with van der Waals surface area (Å²) >= 11 is 0. The van der Waals surface area contributed by atoms with Gasteiger partial charge in [0.25, 0.3) is 0 Å². The summed E-state index contributed by atoms with van der Waals surface area (Å²) in [5, 5.41) is 27.3. The lowest BCUT2D eigenvalue weighted by Gasteiger charge is -2.31. The van der Waals surface area contributed by atoms with Crippen molar-refractivity contribution in [2.24, 2.45) is 11.7 Å². The maximum Gasteiger partial charge on any atom is 0.326 e. The number of benzene rings is 2. The second kappa shape index (κ2) is 15.1. The van der Waals surface area contributed by atoms with E-state index in [9.17, 15) is 34.2 Å². The van der Waals surface area contributed by atoms with Crippen molar-refractivity contribution in [1.29, 1.82) is 0 Å². The van der Waals surface area contributed by atoms with E-state index in [0.717, 1.165) is 5.56 Å². The third kappa shape index (κ3) is 9.27. The number of phenols is 1. The van der Waals surface area contributed by atoms with Crippen molar-refractivity contribution in [3.8, 4) is 5.75 Å². The number of carboxylic acid groups (broad SMARTS) is 1. The lowest BCUT2D eigenvalue weighted by Crippen LogP contribution is -2.59. The number of phenolic OH excluding ortho intramolecular Hbond substituents is 1. The predicted molar refractivity (Wildman–Crippen MR) is 159 cm³/mol. The van der Waals surface area contributed by atoms with Crippen LogP contribution < -0.4 is 21.7 Å². The summed E-state index contributed by atoms with van der Waals surface area (Å²) < 4.78 is 0. The van der Waals surface area contributed by atoms with Gasteiger partial charge >= 0.3 is 5.97 Å². The lowest BCUT2D eigenvalue weighted by molar-refractivity contribution is -0.144. The van der Waals surface area contributed by atoms with Crippen LogP contribution in [-0.4, -0.2) is 81.5 Å². The molecule has 0 aromatic heterocycles. The van der Waals surface area contributed by atoms with E-state index in [-0.39, 0.29) is 24.5 Å². The van der Waals surface area contributed by atoms with Gasteiger partial charge in [0.15, 0.2) is 0 Å². The molecule has 1 aliphatic heterocycles. The Morgan fingerprint density at radius 3 is 2.05 bits per heavy atom. The van der Waals surface area contributed by atoms with Crippen LogP contribution >= 0.6 is 0 Å². The van der Waals surface area contributed by atoms with Gasteiger partial charge in [-0.15, -0.1) is 0 Å². The quantitative estimate of drug-likeness (QED) is 0.195. The van der Waals surface area contributed by atoms with Crippen LogP contribution in [0.15, 0.2) is 54.6 Å². The van der Waals surface area contributed by atoms with Gasteiger partial charge in [-0.3, -0.25) is 19.2 Å². The van der Waals surface area contributed by atoms with Crippen molar-refractivity contribution < 1.29 is 34.2 Å². The molecule has 2 aromatic rings. The van der Waals surface area contributed by atoms with Crippen LogP contribution in [0.25, 0.3) is 0 Å². The number of hydrogen-bond donors (Lipinski definition) is 6. The first-order valence-electron chi connectivity index (χ1n) is 14.4. The molecule has 0 aliphatic carbocycles. The smallest absolute Gasteiger partial charge is 0.326 e. The molecule has 7 N–H and O–H groups in total. The Morgan fingerprint density at radius 1 is 0.860 bits per heavy atom. The van der Waals surface area contributed by atoms with Crippen LogP contribution in [0, 0.1) is 5.92 Å². The zero-order valence-corrected chi connectivity index (χ0v) is 24.7. The molecule has 0 bridgehead atoms. The number of amides is 4. The molecule has 232 valence electrons. The highest BCUT2D eigenvalue weighted by Gasteiger charge is 2.40. The van der Waals surface area contributed by atoms with E-state index in [1.807, 2.05) is 6.07 Å². The van der Waals surface area contributed by atoms with E-state index in [1.165, 1.54) is 24.0 Å². The zero-order valence-electron chi connectivity index (χ0n) is 24.7. The molecule has 3 rings (SSSR count). The number of nitrogens with one attached hydrogen (secondary N) is 3. The van der Waals surface area contributed by atoms with Crippen LogP contribution in [0.4, 0.5) is 0 Å². The Hall–Kier alpha value is -4.45. The van der Waals surface area contributed by atoms with Crippen molar-refractivity contribution in [1.82, 2.24) is 20.9 Å². The SMILES string of the molecule is CC(C)[C@@H](NC(=O)[C@H](C)N)C(=O)N1CCC[C@H]1C(=O)N[C@@H](Cc1ccccc1)C(=O)N[C@@H](Cc1ccc(O)cc1)C(=O)O. The fourth-order valence-corrected chi connectivity index (χ4v) is 4.95. The first-order valence-corrected chi connectivity index (χ1v) is 14.4. The van der Waals surface area contributed by atoms with Gasteiger partial charge in [0, 0.05) is 19.4 Å². The molecule has 1 aliphatic rings. The van der Waals surface area contributed by atoms with Crippen molar-refractivity contribution in [3.63, 3.8) is 0 Å². The Labute approximate surface area is 251 Å². The number of carbonyl (C=O) groups is 5. The number of rotatable bonds is 13. The largest absolute Gasteiger partial charge is 0.508 e. The minimum absolute atomic E-state index is 0.0285. The molecule has 0 unspecified atom stereocenters. The number of hydrogen-bond acceptors (Lipinski definition) is 7. The topological polar surface area (TPSA) is 191 Å². The summed E-state index contributed by atoms with van der Waals surface area (Å²) in [5.41, 5.74) is 7.01. The third-order valence-corrected chi connectivity index (χ3v) is 7.39. The van der Waals surface area contributed by atoms with Gasteiger partial charge in [0.2, 0.25) is 23.6 Å². The van der Waals surface area contributed by atoms with E-state index < -0.39 is 59.8 Å². The molecule has 1 fully saturated rings. The monoisotopic (exact) mass is 595 g/mol. The number of carboxylic acids is 1. The predicted octanol–water partition coefficient (Wildman–Crippen LogP) is 0.711.